The van der Waals surface area contributed by atoms with Gasteiger partial charge in [0.05, 0.1) is 11.0 Å². The molecule has 1 fully saturated rings. The standard InChI is InChI=1S/C14H21N3O3/c1-3-8-15-12-5-4-6-13(14(12)17(18)19)16-9-7-11(10-16)20-2/h4-6,11,15H,3,7-10H2,1-2H3. The second-order valence-electron chi connectivity index (χ2n) is 4.95. The van der Waals surface area contributed by atoms with Crippen LogP contribution in [0.2, 0.25) is 0 Å². The summed E-state index contributed by atoms with van der Waals surface area (Å²) >= 11 is 0. The van der Waals surface area contributed by atoms with Crippen molar-refractivity contribution >= 4 is 17.1 Å². The van der Waals surface area contributed by atoms with Gasteiger partial charge in [-0.25, -0.2) is 0 Å². The minimum atomic E-state index is -0.298. The van der Waals surface area contributed by atoms with E-state index >= 15 is 0 Å². The van der Waals surface area contributed by atoms with Crippen molar-refractivity contribution in [1.29, 1.82) is 0 Å². The van der Waals surface area contributed by atoms with Gasteiger partial charge in [0.15, 0.2) is 0 Å². The maximum atomic E-state index is 11.4. The highest BCUT2D eigenvalue weighted by Gasteiger charge is 2.29. The van der Waals surface area contributed by atoms with Crippen molar-refractivity contribution in [2.24, 2.45) is 0 Å². The number of nitrogens with one attached hydrogen (secondary N) is 1. The predicted octanol–water partition coefficient (Wildman–Crippen LogP) is 2.64. The summed E-state index contributed by atoms with van der Waals surface area (Å²) in [4.78, 5) is 13.2. The molecule has 2 rings (SSSR count). The molecule has 1 aliphatic rings. The van der Waals surface area contributed by atoms with Crippen LogP contribution in [-0.2, 0) is 4.74 Å². The number of methoxy groups -OCH3 is 1. The van der Waals surface area contributed by atoms with Crippen molar-refractivity contribution in [1.82, 2.24) is 0 Å². The zero-order valence-corrected chi connectivity index (χ0v) is 12.0. The third-order valence-electron chi connectivity index (χ3n) is 3.58. The van der Waals surface area contributed by atoms with E-state index in [1.807, 2.05) is 24.0 Å². The molecular weight excluding hydrogens is 258 g/mol. The lowest BCUT2D eigenvalue weighted by Crippen LogP contribution is -2.23. The molecular formula is C14H21N3O3. The number of anilines is 2. The molecule has 1 saturated heterocycles. The SMILES string of the molecule is CCCNc1cccc(N2CCC(OC)C2)c1[N+](=O)[O-]. The summed E-state index contributed by atoms with van der Waals surface area (Å²) in [6.07, 6.45) is 1.98. The summed E-state index contributed by atoms with van der Waals surface area (Å²) in [6.45, 7) is 4.25. The number of ether oxygens (including phenoxy) is 1. The number of para-hydroxylation sites is 1. The number of hydrogen-bond acceptors (Lipinski definition) is 5. The zero-order chi connectivity index (χ0) is 14.5. The molecule has 1 aromatic carbocycles. The lowest BCUT2D eigenvalue weighted by Gasteiger charge is -2.19. The highest BCUT2D eigenvalue weighted by Crippen LogP contribution is 2.37. The molecule has 1 atom stereocenters. The Labute approximate surface area is 118 Å². The van der Waals surface area contributed by atoms with E-state index in [-0.39, 0.29) is 16.7 Å². The van der Waals surface area contributed by atoms with E-state index < -0.39 is 0 Å². The lowest BCUT2D eigenvalue weighted by molar-refractivity contribution is -0.383. The van der Waals surface area contributed by atoms with E-state index in [9.17, 15) is 10.1 Å². The number of benzene rings is 1. The van der Waals surface area contributed by atoms with Gasteiger partial charge in [-0.15, -0.1) is 0 Å². The molecule has 0 amide bonds. The number of nitro groups is 1. The summed E-state index contributed by atoms with van der Waals surface area (Å²) in [5.74, 6) is 0. The summed E-state index contributed by atoms with van der Waals surface area (Å²) in [7, 11) is 1.68. The molecule has 0 radical (unpaired) electrons. The van der Waals surface area contributed by atoms with E-state index in [2.05, 4.69) is 5.32 Å². The van der Waals surface area contributed by atoms with Gasteiger partial charge in [-0.1, -0.05) is 13.0 Å². The number of rotatable bonds is 6. The van der Waals surface area contributed by atoms with Crippen molar-refractivity contribution in [3.63, 3.8) is 0 Å². The monoisotopic (exact) mass is 279 g/mol. The van der Waals surface area contributed by atoms with Gasteiger partial charge >= 0.3 is 5.69 Å². The smallest absolute Gasteiger partial charge is 0.315 e. The molecule has 1 heterocycles. The van der Waals surface area contributed by atoms with Crippen molar-refractivity contribution in [3.05, 3.63) is 28.3 Å². The third kappa shape index (κ3) is 3.01. The largest absolute Gasteiger partial charge is 0.380 e. The fourth-order valence-electron chi connectivity index (χ4n) is 2.52. The molecule has 0 aliphatic carbocycles. The molecule has 110 valence electrons. The quantitative estimate of drug-likeness (QED) is 0.640. The third-order valence-corrected chi connectivity index (χ3v) is 3.58. The van der Waals surface area contributed by atoms with Crippen molar-refractivity contribution in [2.45, 2.75) is 25.9 Å². The van der Waals surface area contributed by atoms with E-state index in [0.29, 0.717) is 17.9 Å². The van der Waals surface area contributed by atoms with Crippen LogP contribution in [0.5, 0.6) is 0 Å². The van der Waals surface area contributed by atoms with Gasteiger partial charge in [-0.3, -0.25) is 10.1 Å². The molecule has 0 spiro atoms. The maximum absolute atomic E-state index is 11.4. The average Bonchev–Trinajstić information content (AvgIpc) is 2.93. The molecule has 0 bridgehead atoms. The normalized spacial score (nSPS) is 18.3. The summed E-state index contributed by atoms with van der Waals surface area (Å²) in [6, 6.07) is 5.44. The van der Waals surface area contributed by atoms with E-state index in [1.165, 1.54) is 0 Å². The Morgan fingerprint density at radius 3 is 2.95 bits per heavy atom. The fourth-order valence-corrected chi connectivity index (χ4v) is 2.52. The van der Waals surface area contributed by atoms with Crippen LogP contribution in [0, 0.1) is 10.1 Å². The van der Waals surface area contributed by atoms with Crippen LogP contribution in [-0.4, -0.2) is 37.8 Å². The van der Waals surface area contributed by atoms with Crippen LogP contribution < -0.4 is 10.2 Å². The van der Waals surface area contributed by atoms with Gasteiger partial charge in [0.1, 0.15) is 11.4 Å². The van der Waals surface area contributed by atoms with Gasteiger partial charge in [-0.05, 0) is 25.0 Å². The molecule has 1 unspecified atom stereocenters. The van der Waals surface area contributed by atoms with Gasteiger partial charge in [0, 0.05) is 26.7 Å². The molecule has 20 heavy (non-hydrogen) atoms. The van der Waals surface area contributed by atoms with E-state index in [1.54, 1.807) is 13.2 Å². The predicted molar refractivity (Wildman–Crippen MR) is 79.5 cm³/mol. The minimum absolute atomic E-state index is 0.155. The molecule has 1 aliphatic heterocycles. The topological polar surface area (TPSA) is 67.6 Å². The fraction of sp³-hybridized carbons (Fsp3) is 0.571. The Kier molecular flexibility index (Phi) is 4.79. The summed E-state index contributed by atoms with van der Waals surface area (Å²) in [5.41, 5.74) is 1.43. The molecule has 1 N–H and O–H groups in total. The average molecular weight is 279 g/mol. The van der Waals surface area contributed by atoms with Gasteiger partial charge in [0.2, 0.25) is 0 Å². The Balaban J connectivity index is 2.30. The van der Waals surface area contributed by atoms with E-state index in [0.717, 1.165) is 25.9 Å². The number of hydrogen-bond donors (Lipinski definition) is 1. The van der Waals surface area contributed by atoms with Crippen molar-refractivity contribution in [2.75, 3.05) is 37.0 Å². The van der Waals surface area contributed by atoms with Gasteiger partial charge < -0.3 is 15.0 Å². The van der Waals surface area contributed by atoms with Crippen LogP contribution in [0.15, 0.2) is 18.2 Å². The van der Waals surface area contributed by atoms with Crippen LogP contribution in [0.25, 0.3) is 0 Å². The first-order chi connectivity index (χ1) is 9.67. The number of nitro benzene ring substituents is 1. The first kappa shape index (κ1) is 14.6. The Bertz CT molecular complexity index is 479. The lowest BCUT2D eigenvalue weighted by atomic mass is 10.2. The van der Waals surface area contributed by atoms with Crippen LogP contribution in [0.3, 0.4) is 0 Å². The van der Waals surface area contributed by atoms with Crippen LogP contribution in [0.4, 0.5) is 17.1 Å². The van der Waals surface area contributed by atoms with Gasteiger partial charge in [0.25, 0.3) is 0 Å². The van der Waals surface area contributed by atoms with Crippen molar-refractivity contribution in [3.8, 4) is 0 Å². The maximum Gasteiger partial charge on any atom is 0.315 e. The highest BCUT2D eigenvalue weighted by atomic mass is 16.6. The Morgan fingerprint density at radius 1 is 1.55 bits per heavy atom. The first-order valence-electron chi connectivity index (χ1n) is 6.96. The van der Waals surface area contributed by atoms with Crippen LogP contribution in [0.1, 0.15) is 19.8 Å². The molecule has 0 saturated carbocycles. The summed E-state index contributed by atoms with van der Waals surface area (Å²) in [5, 5.41) is 14.6. The van der Waals surface area contributed by atoms with Gasteiger partial charge in [-0.2, -0.15) is 0 Å². The van der Waals surface area contributed by atoms with Crippen LogP contribution >= 0.6 is 0 Å². The second-order valence-corrected chi connectivity index (χ2v) is 4.95. The molecule has 6 heteroatoms. The van der Waals surface area contributed by atoms with E-state index in [4.69, 9.17) is 4.74 Å². The molecule has 1 aromatic rings. The number of nitrogens with zero attached hydrogens (tertiary/aromatic N) is 2. The molecule has 6 nitrogen and oxygen atoms in total. The highest BCUT2D eigenvalue weighted by molar-refractivity contribution is 5.77. The second kappa shape index (κ2) is 6.56. The Hall–Kier alpha value is -1.82. The zero-order valence-electron chi connectivity index (χ0n) is 12.0. The molecule has 0 aromatic heterocycles. The summed E-state index contributed by atoms with van der Waals surface area (Å²) < 4.78 is 5.33. The van der Waals surface area contributed by atoms with Crippen molar-refractivity contribution < 1.29 is 9.66 Å². The first-order valence-corrected chi connectivity index (χ1v) is 6.96. The Morgan fingerprint density at radius 2 is 2.35 bits per heavy atom. The minimum Gasteiger partial charge on any atom is -0.380 e.